The van der Waals surface area contributed by atoms with Crippen molar-refractivity contribution in [3.05, 3.63) is 33.6 Å². The van der Waals surface area contributed by atoms with E-state index in [4.69, 9.17) is 16.3 Å². The van der Waals surface area contributed by atoms with Gasteiger partial charge < -0.3 is 9.72 Å². The van der Waals surface area contributed by atoms with Gasteiger partial charge in [0.1, 0.15) is 5.75 Å². The molecule has 0 bridgehead atoms. The number of aromatic amines is 1. The fourth-order valence-electron chi connectivity index (χ4n) is 1.51. The quantitative estimate of drug-likeness (QED) is 0.839. The zero-order chi connectivity index (χ0) is 11.7. The van der Waals surface area contributed by atoms with E-state index in [0.717, 1.165) is 0 Å². The number of methoxy groups -OCH3 is 1. The second-order valence-electron chi connectivity index (χ2n) is 3.22. The Bertz CT molecular complexity index is 594. The molecule has 2 rings (SSSR count). The van der Waals surface area contributed by atoms with Gasteiger partial charge >= 0.3 is 0 Å². The molecule has 1 aromatic heterocycles. The molecule has 0 aliphatic heterocycles. The van der Waals surface area contributed by atoms with Crippen molar-refractivity contribution in [1.82, 2.24) is 4.98 Å². The Hall–Kier alpha value is -1.13. The van der Waals surface area contributed by atoms with Gasteiger partial charge in [0, 0.05) is 6.20 Å². The molecule has 5 heteroatoms. The maximum atomic E-state index is 12.0. The highest BCUT2D eigenvalue weighted by Gasteiger charge is 2.08. The van der Waals surface area contributed by atoms with Crippen LogP contribution in [0.3, 0.4) is 0 Å². The minimum atomic E-state index is -0.00350. The number of pyridine rings is 1. The lowest BCUT2D eigenvalue weighted by molar-refractivity contribution is 0.415. The lowest BCUT2D eigenvalue weighted by Gasteiger charge is -2.06. The molecule has 0 aliphatic rings. The average Bonchev–Trinajstić information content (AvgIpc) is 2.29. The van der Waals surface area contributed by atoms with Crippen LogP contribution in [-0.4, -0.2) is 18.3 Å². The van der Waals surface area contributed by atoms with Gasteiger partial charge in [0.25, 0.3) is 0 Å². The standard InChI is InChI=1S/C11H10ClNO2S/c1-15-9-3-6-8(4-7(9)12)13-5-10(16-2)11(6)14/h3-5H,1-2H3,(H,13,14). The van der Waals surface area contributed by atoms with Crippen molar-refractivity contribution in [1.29, 1.82) is 0 Å². The number of halogens is 1. The monoisotopic (exact) mass is 255 g/mol. The van der Waals surface area contributed by atoms with Crippen molar-refractivity contribution in [2.75, 3.05) is 13.4 Å². The van der Waals surface area contributed by atoms with Gasteiger partial charge in [-0.2, -0.15) is 0 Å². The third kappa shape index (κ3) is 1.79. The highest BCUT2D eigenvalue weighted by molar-refractivity contribution is 7.98. The summed E-state index contributed by atoms with van der Waals surface area (Å²) in [5.74, 6) is 0.512. The van der Waals surface area contributed by atoms with Gasteiger partial charge in [-0.1, -0.05) is 11.6 Å². The average molecular weight is 256 g/mol. The Morgan fingerprint density at radius 2 is 2.19 bits per heavy atom. The summed E-state index contributed by atoms with van der Waals surface area (Å²) in [6.07, 6.45) is 3.56. The van der Waals surface area contributed by atoms with Crippen LogP contribution in [0.25, 0.3) is 10.9 Å². The van der Waals surface area contributed by atoms with Crippen molar-refractivity contribution in [3.8, 4) is 5.75 Å². The Kier molecular flexibility index (Phi) is 3.12. The van der Waals surface area contributed by atoms with Crippen LogP contribution in [0.1, 0.15) is 0 Å². The molecule has 2 aromatic rings. The molecule has 0 aliphatic carbocycles. The van der Waals surface area contributed by atoms with E-state index < -0.39 is 0 Å². The maximum Gasteiger partial charge on any atom is 0.203 e. The zero-order valence-corrected chi connectivity index (χ0v) is 10.4. The summed E-state index contributed by atoms with van der Waals surface area (Å²) >= 11 is 7.39. The number of H-pyrrole nitrogens is 1. The van der Waals surface area contributed by atoms with Crippen LogP contribution < -0.4 is 10.2 Å². The fourth-order valence-corrected chi connectivity index (χ4v) is 2.22. The Balaban J connectivity index is 2.82. The van der Waals surface area contributed by atoms with E-state index in [2.05, 4.69) is 4.98 Å². The fraction of sp³-hybridized carbons (Fsp3) is 0.182. The Labute approximate surface area is 102 Å². The molecular weight excluding hydrogens is 246 g/mol. The molecule has 0 atom stereocenters. The summed E-state index contributed by atoms with van der Waals surface area (Å²) in [6.45, 7) is 0. The van der Waals surface area contributed by atoms with E-state index in [1.54, 1.807) is 18.3 Å². The van der Waals surface area contributed by atoms with Gasteiger partial charge in [-0.05, 0) is 18.4 Å². The minimum absolute atomic E-state index is 0.00350. The van der Waals surface area contributed by atoms with Gasteiger partial charge in [0.2, 0.25) is 5.43 Å². The van der Waals surface area contributed by atoms with E-state index in [9.17, 15) is 4.79 Å². The molecule has 16 heavy (non-hydrogen) atoms. The Morgan fingerprint density at radius 1 is 1.44 bits per heavy atom. The van der Waals surface area contributed by atoms with Gasteiger partial charge in [-0.3, -0.25) is 4.79 Å². The first-order valence-electron chi connectivity index (χ1n) is 4.60. The lowest BCUT2D eigenvalue weighted by Crippen LogP contribution is -2.05. The number of aromatic nitrogens is 1. The molecule has 0 saturated carbocycles. The predicted octanol–water partition coefficient (Wildman–Crippen LogP) is 2.91. The summed E-state index contributed by atoms with van der Waals surface area (Å²) in [6, 6.07) is 3.36. The summed E-state index contributed by atoms with van der Waals surface area (Å²) in [7, 11) is 1.53. The van der Waals surface area contributed by atoms with Gasteiger partial charge in [0.05, 0.1) is 27.9 Å². The predicted molar refractivity (Wildman–Crippen MR) is 67.9 cm³/mol. The van der Waals surface area contributed by atoms with Crippen molar-refractivity contribution >= 4 is 34.3 Å². The molecular formula is C11H10ClNO2S. The Morgan fingerprint density at radius 3 is 2.81 bits per heavy atom. The van der Waals surface area contributed by atoms with Crippen molar-refractivity contribution in [2.45, 2.75) is 4.90 Å². The second kappa shape index (κ2) is 4.39. The smallest absolute Gasteiger partial charge is 0.203 e. The summed E-state index contributed by atoms with van der Waals surface area (Å²) in [5.41, 5.74) is 0.713. The molecule has 0 spiro atoms. The molecule has 1 aromatic carbocycles. The number of ether oxygens (including phenoxy) is 1. The van der Waals surface area contributed by atoms with E-state index in [-0.39, 0.29) is 5.43 Å². The number of rotatable bonds is 2. The van der Waals surface area contributed by atoms with Crippen LogP contribution in [0, 0.1) is 0 Å². The maximum absolute atomic E-state index is 12.0. The van der Waals surface area contributed by atoms with E-state index in [0.29, 0.717) is 26.6 Å². The topological polar surface area (TPSA) is 42.1 Å². The van der Waals surface area contributed by atoms with Gasteiger partial charge in [-0.15, -0.1) is 11.8 Å². The molecule has 0 unspecified atom stereocenters. The van der Waals surface area contributed by atoms with Crippen LogP contribution in [0.15, 0.2) is 28.0 Å². The lowest BCUT2D eigenvalue weighted by atomic mass is 10.2. The van der Waals surface area contributed by atoms with Crippen molar-refractivity contribution < 1.29 is 4.74 Å². The van der Waals surface area contributed by atoms with Crippen molar-refractivity contribution in [3.63, 3.8) is 0 Å². The molecule has 1 heterocycles. The number of thioether (sulfide) groups is 1. The van der Waals surface area contributed by atoms with Crippen LogP contribution in [0.5, 0.6) is 5.75 Å². The third-order valence-electron chi connectivity index (χ3n) is 2.34. The van der Waals surface area contributed by atoms with E-state index in [1.165, 1.54) is 18.9 Å². The van der Waals surface area contributed by atoms with E-state index in [1.807, 2.05) is 6.26 Å². The van der Waals surface area contributed by atoms with Gasteiger partial charge in [0.15, 0.2) is 0 Å². The minimum Gasteiger partial charge on any atom is -0.495 e. The SMILES string of the molecule is COc1cc2c(=O)c(SC)c[nH]c2cc1Cl. The van der Waals surface area contributed by atoms with Crippen LogP contribution in [0.4, 0.5) is 0 Å². The number of benzene rings is 1. The third-order valence-corrected chi connectivity index (χ3v) is 3.38. The summed E-state index contributed by atoms with van der Waals surface area (Å²) < 4.78 is 5.09. The molecule has 0 amide bonds. The number of fused-ring (bicyclic) bond motifs is 1. The highest BCUT2D eigenvalue weighted by atomic mass is 35.5. The second-order valence-corrected chi connectivity index (χ2v) is 4.47. The molecule has 1 N–H and O–H groups in total. The van der Waals surface area contributed by atoms with Crippen LogP contribution >= 0.6 is 23.4 Å². The normalized spacial score (nSPS) is 10.7. The first-order chi connectivity index (χ1) is 7.67. The van der Waals surface area contributed by atoms with E-state index >= 15 is 0 Å². The summed E-state index contributed by atoms with van der Waals surface area (Å²) in [4.78, 5) is 15.7. The van der Waals surface area contributed by atoms with Crippen LogP contribution in [-0.2, 0) is 0 Å². The molecule has 0 radical (unpaired) electrons. The molecule has 0 saturated heterocycles. The first-order valence-corrected chi connectivity index (χ1v) is 6.20. The zero-order valence-electron chi connectivity index (χ0n) is 8.83. The number of nitrogens with one attached hydrogen (secondary N) is 1. The number of hydrogen-bond donors (Lipinski definition) is 1. The number of hydrogen-bond acceptors (Lipinski definition) is 3. The molecule has 3 nitrogen and oxygen atoms in total. The first kappa shape index (κ1) is 11.4. The molecule has 0 fully saturated rings. The molecule has 84 valence electrons. The van der Waals surface area contributed by atoms with Crippen LogP contribution in [0.2, 0.25) is 5.02 Å². The summed E-state index contributed by atoms with van der Waals surface area (Å²) in [5, 5.41) is 1.08. The highest BCUT2D eigenvalue weighted by Crippen LogP contribution is 2.28. The van der Waals surface area contributed by atoms with Gasteiger partial charge in [-0.25, -0.2) is 0 Å². The largest absolute Gasteiger partial charge is 0.495 e. The van der Waals surface area contributed by atoms with Crippen molar-refractivity contribution in [2.24, 2.45) is 0 Å².